The molecule has 0 unspecified atom stereocenters. The van der Waals surface area contributed by atoms with E-state index in [-0.39, 0.29) is 0 Å². The van der Waals surface area contributed by atoms with Crippen LogP contribution < -0.4 is 0 Å². The first-order valence-corrected chi connectivity index (χ1v) is 4.68. The molecular formula is C9H17NS. The molecule has 0 saturated carbocycles. The molecule has 2 heteroatoms. The van der Waals surface area contributed by atoms with E-state index < -0.39 is 0 Å². The maximum atomic E-state index is 2.17. The summed E-state index contributed by atoms with van der Waals surface area (Å²) in [6, 6.07) is 4.24. The lowest BCUT2D eigenvalue weighted by molar-refractivity contribution is 0.505. The van der Waals surface area contributed by atoms with E-state index in [0.29, 0.717) is 0 Å². The van der Waals surface area contributed by atoms with Gasteiger partial charge in [0.15, 0.2) is 0 Å². The molecule has 0 atom stereocenters. The van der Waals surface area contributed by atoms with Crippen molar-refractivity contribution in [2.75, 3.05) is 21.1 Å². The summed E-state index contributed by atoms with van der Waals surface area (Å²) in [4.78, 5) is 3.47. The van der Waals surface area contributed by atoms with Gasteiger partial charge in [-0.3, -0.25) is 0 Å². The number of rotatable bonds is 1. The van der Waals surface area contributed by atoms with Gasteiger partial charge in [0, 0.05) is 4.88 Å². The minimum Gasteiger partial charge on any atom is -0.312 e. The average molecular weight is 171 g/mol. The Balaban J connectivity index is 0.000000218. The van der Waals surface area contributed by atoms with E-state index >= 15 is 0 Å². The highest BCUT2D eigenvalue weighted by atomic mass is 32.1. The van der Waals surface area contributed by atoms with Gasteiger partial charge in [-0.2, -0.15) is 0 Å². The van der Waals surface area contributed by atoms with Gasteiger partial charge in [0.1, 0.15) is 0 Å². The largest absolute Gasteiger partial charge is 0.312 e. The van der Waals surface area contributed by atoms with Crippen molar-refractivity contribution < 1.29 is 0 Å². The minimum absolute atomic E-state index is 1.18. The van der Waals surface area contributed by atoms with Crippen molar-refractivity contribution in [3.63, 3.8) is 0 Å². The van der Waals surface area contributed by atoms with E-state index in [9.17, 15) is 0 Å². The number of hydrogen-bond acceptors (Lipinski definition) is 2. The third-order valence-corrected chi connectivity index (χ3v) is 1.95. The summed E-state index contributed by atoms with van der Waals surface area (Å²) < 4.78 is 0. The van der Waals surface area contributed by atoms with Gasteiger partial charge < -0.3 is 4.90 Å². The molecule has 11 heavy (non-hydrogen) atoms. The predicted molar refractivity (Wildman–Crippen MR) is 53.3 cm³/mol. The molecular weight excluding hydrogens is 154 g/mol. The minimum atomic E-state index is 1.18. The van der Waals surface area contributed by atoms with E-state index in [1.807, 2.05) is 37.4 Å². The van der Waals surface area contributed by atoms with Gasteiger partial charge in [0.2, 0.25) is 0 Å². The molecule has 1 aromatic rings. The number of aryl methyl sites for hydroxylation is 1. The lowest BCUT2D eigenvalue weighted by Crippen LogP contribution is -1.99. The molecule has 0 radical (unpaired) electrons. The molecule has 1 heterocycles. The first-order chi connectivity index (χ1) is 5.16. The van der Waals surface area contributed by atoms with Crippen molar-refractivity contribution in [2.45, 2.75) is 13.3 Å². The fourth-order valence-electron chi connectivity index (χ4n) is 0.514. The fraction of sp³-hybridized carbons (Fsp3) is 0.556. The van der Waals surface area contributed by atoms with Crippen LogP contribution in [0.3, 0.4) is 0 Å². The zero-order chi connectivity index (χ0) is 8.69. The van der Waals surface area contributed by atoms with Gasteiger partial charge in [-0.1, -0.05) is 13.0 Å². The molecule has 0 aromatic carbocycles. The van der Waals surface area contributed by atoms with Gasteiger partial charge in [-0.25, -0.2) is 0 Å². The molecule has 0 amide bonds. The van der Waals surface area contributed by atoms with Crippen LogP contribution in [0.4, 0.5) is 0 Å². The third kappa shape index (κ3) is 7.56. The smallest absolute Gasteiger partial charge is 0.00424 e. The Kier molecular flexibility index (Phi) is 6.18. The van der Waals surface area contributed by atoms with Crippen molar-refractivity contribution in [1.82, 2.24) is 4.90 Å². The Morgan fingerprint density at radius 1 is 1.36 bits per heavy atom. The normalized spacial score (nSPS) is 9.18. The first-order valence-electron chi connectivity index (χ1n) is 3.80. The highest BCUT2D eigenvalue weighted by molar-refractivity contribution is 7.09. The Hall–Kier alpha value is -0.340. The summed E-state index contributed by atoms with van der Waals surface area (Å²) in [5.74, 6) is 0. The highest BCUT2D eigenvalue weighted by Crippen LogP contribution is 2.07. The Morgan fingerprint density at radius 3 is 2.09 bits per heavy atom. The van der Waals surface area contributed by atoms with E-state index in [1.54, 1.807) is 0 Å². The topological polar surface area (TPSA) is 3.24 Å². The van der Waals surface area contributed by atoms with E-state index in [2.05, 4.69) is 24.4 Å². The summed E-state index contributed by atoms with van der Waals surface area (Å²) in [6.07, 6.45) is 1.18. The van der Waals surface area contributed by atoms with Gasteiger partial charge >= 0.3 is 0 Å². The second kappa shape index (κ2) is 6.38. The summed E-state index contributed by atoms with van der Waals surface area (Å²) >= 11 is 1.82. The SMILES string of the molecule is CCc1cccs1.CN(C)C. The quantitative estimate of drug-likeness (QED) is 0.627. The second-order valence-electron chi connectivity index (χ2n) is 2.77. The summed E-state index contributed by atoms with van der Waals surface area (Å²) in [7, 11) is 6.00. The Morgan fingerprint density at radius 2 is 1.91 bits per heavy atom. The molecule has 1 rings (SSSR count). The molecule has 1 nitrogen and oxygen atoms in total. The molecule has 0 aliphatic heterocycles. The zero-order valence-electron chi connectivity index (χ0n) is 7.79. The molecule has 64 valence electrons. The van der Waals surface area contributed by atoms with Crippen LogP contribution >= 0.6 is 11.3 Å². The van der Waals surface area contributed by atoms with Gasteiger partial charge in [-0.15, -0.1) is 11.3 Å². The highest BCUT2D eigenvalue weighted by Gasteiger charge is 1.82. The number of thiophene rings is 1. The summed E-state index contributed by atoms with van der Waals surface area (Å²) in [5, 5.41) is 2.11. The lowest BCUT2D eigenvalue weighted by atomic mass is 10.4. The standard InChI is InChI=1S/C6H8S.C3H9N/c1-2-6-4-3-5-7-6;1-4(2)3/h3-5H,2H2,1H3;1-3H3. The van der Waals surface area contributed by atoms with Crippen LogP contribution in [0.1, 0.15) is 11.8 Å². The fourth-order valence-corrected chi connectivity index (χ4v) is 1.17. The summed E-state index contributed by atoms with van der Waals surface area (Å²) in [6.45, 7) is 2.17. The van der Waals surface area contributed by atoms with Gasteiger partial charge in [0.05, 0.1) is 0 Å². The van der Waals surface area contributed by atoms with Crippen LogP contribution in [-0.2, 0) is 6.42 Å². The maximum absolute atomic E-state index is 2.17. The van der Waals surface area contributed by atoms with Crippen molar-refractivity contribution in [2.24, 2.45) is 0 Å². The van der Waals surface area contributed by atoms with E-state index in [4.69, 9.17) is 0 Å². The molecule has 0 saturated heterocycles. The predicted octanol–water partition coefficient (Wildman–Crippen LogP) is 2.49. The Labute approximate surface area is 73.7 Å². The van der Waals surface area contributed by atoms with Gasteiger partial charge in [-0.05, 0) is 39.0 Å². The molecule has 1 aromatic heterocycles. The van der Waals surface area contributed by atoms with Gasteiger partial charge in [0.25, 0.3) is 0 Å². The van der Waals surface area contributed by atoms with Crippen molar-refractivity contribution in [1.29, 1.82) is 0 Å². The van der Waals surface area contributed by atoms with Crippen molar-refractivity contribution >= 4 is 11.3 Å². The summed E-state index contributed by atoms with van der Waals surface area (Å²) in [5.41, 5.74) is 0. The molecule has 0 N–H and O–H groups in total. The van der Waals surface area contributed by atoms with Crippen LogP contribution in [0, 0.1) is 0 Å². The lowest BCUT2D eigenvalue weighted by Gasteiger charge is -1.90. The van der Waals surface area contributed by atoms with E-state index in [0.717, 1.165) is 0 Å². The number of hydrogen-bond donors (Lipinski definition) is 0. The molecule has 0 fully saturated rings. The molecule has 0 aliphatic carbocycles. The van der Waals surface area contributed by atoms with Crippen molar-refractivity contribution in [3.05, 3.63) is 22.4 Å². The van der Waals surface area contributed by atoms with Crippen LogP contribution in [0.25, 0.3) is 0 Å². The average Bonchev–Trinajstić information content (AvgIpc) is 2.36. The second-order valence-corrected chi connectivity index (χ2v) is 3.81. The maximum Gasteiger partial charge on any atom is 0.00424 e. The van der Waals surface area contributed by atoms with Crippen LogP contribution in [0.2, 0.25) is 0 Å². The van der Waals surface area contributed by atoms with Crippen LogP contribution in [0.15, 0.2) is 17.5 Å². The molecule has 0 bridgehead atoms. The molecule has 0 spiro atoms. The van der Waals surface area contributed by atoms with E-state index in [1.165, 1.54) is 11.3 Å². The van der Waals surface area contributed by atoms with Crippen LogP contribution in [-0.4, -0.2) is 26.0 Å². The van der Waals surface area contributed by atoms with Crippen molar-refractivity contribution in [3.8, 4) is 0 Å². The number of nitrogens with zero attached hydrogens (tertiary/aromatic N) is 1. The van der Waals surface area contributed by atoms with Crippen LogP contribution in [0.5, 0.6) is 0 Å². The third-order valence-electron chi connectivity index (χ3n) is 0.929. The monoisotopic (exact) mass is 171 g/mol. The zero-order valence-corrected chi connectivity index (χ0v) is 8.61. The first kappa shape index (κ1) is 10.7. The molecule has 0 aliphatic rings. The Bertz CT molecular complexity index is 153.